The molecule has 0 aromatic heterocycles. The Hall–Kier alpha value is -0.803. The summed E-state index contributed by atoms with van der Waals surface area (Å²) in [4.78, 5) is 0. The van der Waals surface area contributed by atoms with Crippen LogP contribution in [0.2, 0.25) is 25.7 Å². The minimum atomic E-state index is -1.26. The van der Waals surface area contributed by atoms with Crippen LogP contribution >= 0.6 is 0 Å². The first kappa shape index (κ1) is 19.0. The summed E-state index contributed by atoms with van der Waals surface area (Å²) in [5, 5.41) is 20.9. The highest BCUT2D eigenvalue weighted by Crippen LogP contribution is 2.34. The van der Waals surface area contributed by atoms with E-state index in [4.69, 9.17) is 18.9 Å². The highest BCUT2D eigenvalue weighted by molar-refractivity contribution is 6.76. The van der Waals surface area contributed by atoms with Crippen LogP contribution in [0.4, 0.5) is 0 Å². The summed E-state index contributed by atoms with van der Waals surface area (Å²) in [5.41, 5.74) is 0.885. The van der Waals surface area contributed by atoms with Crippen LogP contribution in [0.5, 0.6) is 0 Å². The van der Waals surface area contributed by atoms with Crippen LogP contribution in [-0.2, 0) is 18.9 Å². The Kier molecular flexibility index (Phi) is 5.94. The summed E-state index contributed by atoms with van der Waals surface area (Å²) in [7, 11) is -1.26. The Balaban J connectivity index is 1.64. The molecule has 6 unspecified atom stereocenters. The molecule has 2 aliphatic heterocycles. The predicted molar refractivity (Wildman–Crippen MR) is 94.8 cm³/mol. The first-order chi connectivity index (χ1) is 11.8. The molecule has 1 aromatic carbocycles. The van der Waals surface area contributed by atoms with Crippen molar-refractivity contribution in [2.75, 3.05) is 13.2 Å². The minimum absolute atomic E-state index is 0.250. The molecule has 3 rings (SSSR count). The second-order valence-electron chi connectivity index (χ2n) is 7.88. The highest BCUT2D eigenvalue weighted by Gasteiger charge is 2.49. The fraction of sp³-hybridized carbons (Fsp3) is 0.667. The van der Waals surface area contributed by atoms with Gasteiger partial charge in [0.25, 0.3) is 0 Å². The van der Waals surface area contributed by atoms with Crippen molar-refractivity contribution >= 4 is 8.07 Å². The Morgan fingerprint density at radius 2 is 1.84 bits per heavy atom. The van der Waals surface area contributed by atoms with Gasteiger partial charge in [-0.2, -0.15) is 0 Å². The van der Waals surface area contributed by atoms with Gasteiger partial charge in [0.05, 0.1) is 6.61 Å². The van der Waals surface area contributed by atoms with Gasteiger partial charge in [0.1, 0.15) is 24.4 Å². The lowest BCUT2D eigenvalue weighted by molar-refractivity contribution is -0.358. The van der Waals surface area contributed by atoms with Crippen molar-refractivity contribution in [2.45, 2.75) is 62.7 Å². The van der Waals surface area contributed by atoms with Gasteiger partial charge in [-0.15, -0.1) is 0 Å². The predicted octanol–water partition coefficient (Wildman–Crippen LogP) is 1.90. The first-order valence-electron chi connectivity index (χ1n) is 8.80. The Morgan fingerprint density at radius 1 is 1.12 bits per heavy atom. The van der Waals surface area contributed by atoms with Crippen LogP contribution in [-0.4, -0.2) is 62.2 Å². The monoisotopic (exact) mass is 368 g/mol. The van der Waals surface area contributed by atoms with Gasteiger partial charge in [-0.25, -0.2) is 0 Å². The first-order valence-corrected chi connectivity index (χ1v) is 12.5. The number of benzene rings is 1. The van der Waals surface area contributed by atoms with Crippen molar-refractivity contribution < 1.29 is 29.2 Å². The molecule has 25 heavy (non-hydrogen) atoms. The third-order valence-corrected chi connectivity index (χ3v) is 6.27. The molecule has 0 saturated carbocycles. The minimum Gasteiger partial charge on any atom is -0.387 e. The van der Waals surface area contributed by atoms with Crippen LogP contribution in [0, 0.1) is 0 Å². The van der Waals surface area contributed by atoms with Gasteiger partial charge in [0, 0.05) is 20.2 Å². The van der Waals surface area contributed by atoms with Crippen LogP contribution in [0.3, 0.4) is 0 Å². The van der Waals surface area contributed by atoms with Crippen molar-refractivity contribution in [3.8, 4) is 0 Å². The smallest absolute Gasteiger partial charge is 0.184 e. The van der Waals surface area contributed by atoms with Crippen LogP contribution < -0.4 is 0 Å². The molecule has 1 aromatic rings. The maximum absolute atomic E-state index is 10.7. The molecule has 0 aliphatic carbocycles. The van der Waals surface area contributed by atoms with E-state index >= 15 is 0 Å². The van der Waals surface area contributed by atoms with Crippen molar-refractivity contribution in [1.29, 1.82) is 0 Å². The molecule has 140 valence electrons. The van der Waals surface area contributed by atoms with Crippen molar-refractivity contribution in [3.05, 3.63) is 35.9 Å². The van der Waals surface area contributed by atoms with E-state index in [1.807, 2.05) is 30.3 Å². The lowest BCUT2D eigenvalue weighted by atomic mass is 9.98. The Bertz CT molecular complexity index is 548. The second-order valence-corrected chi connectivity index (χ2v) is 13.5. The van der Waals surface area contributed by atoms with Gasteiger partial charge >= 0.3 is 0 Å². The maximum Gasteiger partial charge on any atom is 0.184 e. The van der Waals surface area contributed by atoms with E-state index in [0.29, 0.717) is 6.61 Å². The van der Waals surface area contributed by atoms with Gasteiger partial charge in [-0.3, -0.25) is 0 Å². The number of hydrogen-bond donors (Lipinski definition) is 2. The number of hydrogen-bond acceptors (Lipinski definition) is 6. The SMILES string of the molecule is C[Si](C)(C)CCOC1C(O)OC2COC(c3ccccc3)OC2C1O. The number of rotatable bonds is 5. The molecule has 2 fully saturated rings. The molecule has 0 amide bonds. The average Bonchev–Trinajstić information content (AvgIpc) is 2.57. The van der Waals surface area contributed by atoms with E-state index in [1.165, 1.54) is 0 Å². The third-order valence-electron chi connectivity index (χ3n) is 4.56. The summed E-state index contributed by atoms with van der Waals surface area (Å²) in [6.45, 7) is 7.50. The molecular weight excluding hydrogens is 340 g/mol. The molecule has 2 N–H and O–H groups in total. The van der Waals surface area contributed by atoms with E-state index in [2.05, 4.69) is 19.6 Å². The lowest BCUT2D eigenvalue weighted by Gasteiger charge is -2.46. The zero-order valence-corrected chi connectivity index (χ0v) is 16.0. The fourth-order valence-electron chi connectivity index (χ4n) is 3.04. The quantitative estimate of drug-likeness (QED) is 0.773. The van der Waals surface area contributed by atoms with E-state index in [-0.39, 0.29) is 6.61 Å². The summed E-state index contributed by atoms with van der Waals surface area (Å²) >= 11 is 0. The van der Waals surface area contributed by atoms with Gasteiger partial charge in [0.2, 0.25) is 0 Å². The molecule has 7 heteroatoms. The zero-order valence-electron chi connectivity index (χ0n) is 15.0. The molecule has 0 radical (unpaired) electrons. The standard InChI is InChI=1S/C18H28O6Si/c1-25(2,3)10-9-21-16-14(19)15-13(23-17(16)20)11-22-18(24-15)12-7-5-4-6-8-12/h4-8,13-20H,9-11H2,1-3H3. The van der Waals surface area contributed by atoms with Gasteiger partial charge in [-0.1, -0.05) is 50.0 Å². The van der Waals surface area contributed by atoms with Gasteiger partial charge in [0.15, 0.2) is 12.6 Å². The molecule has 0 bridgehead atoms. The van der Waals surface area contributed by atoms with E-state index in [1.54, 1.807) is 0 Å². The lowest BCUT2D eigenvalue weighted by Crippen LogP contribution is -2.62. The number of aliphatic hydroxyl groups is 2. The molecule has 6 atom stereocenters. The van der Waals surface area contributed by atoms with Gasteiger partial charge < -0.3 is 29.2 Å². The highest BCUT2D eigenvalue weighted by atomic mass is 28.3. The topological polar surface area (TPSA) is 77.4 Å². The Labute approximate surface area is 149 Å². The van der Waals surface area contributed by atoms with Crippen LogP contribution in [0.15, 0.2) is 30.3 Å². The maximum atomic E-state index is 10.7. The summed E-state index contributed by atoms with van der Waals surface area (Å²) in [5.74, 6) is 0. The van der Waals surface area contributed by atoms with Crippen molar-refractivity contribution in [2.24, 2.45) is 0 Å². The fourth-order valence-corrected chi connectivity index (χ4v) is 3.77. The number of fused-ring (bicyclic) bond motifs is 1. The molecule has 2 aliphatic rings. The average molecular weight is 369 g/mol. The van der Waals surface area contributed by atoms with Crippen LogP contribution in [0.1, 0.15) is 11.9 Å². The summed E-state index contributed by atoms with van der Waals surface area (Å²) in [6, 6.07) is 10.5. The molecular formula is C18H28O6Si. The van der Waals surface area contributed by atoms with Gasteiger partial charge in [-0.05, 0) is 6.04 Å². The van der Waals surface area contributed by atoms with Crippen molar-refractivity contribution in [3.63, 3.8) is 0 Å². The van der Waals surface area contributed by atoms with Crippen LogP contribution in [0.25, 0.3) is 0 Å². The molecule has 0 spiro atoms. The van der Waals surface area contributed by atoms with Crippen molar-refractivity contribution in [1.82, 2.24) is 0 Å². The largest absolute Gasteiger partial charge is 0.387 e. The van der Waals surface area contributed by atoms with E-state index in [9.17, 15) is 10.2 Å². The Morgan fingerprint density at radius 3 is 2.52 bits per heavy atom. The second kappa shape index (κ2) is 7.83. The normalized spacial score (nSPS) is 36.0. The van der Waals surface area contributed by atoms with E-state index in [0.717, 1.165) is 11.6 Å². The van der Waals surface area contributed by atoms with E-state index < -0.39 is 45.1 Å². The molecule has 2 saturated heterocycles. The molecule has 2 heterocycles. The number of ether oxygens (including phenoxy) is 4. The third kappa shape index (κ3) is 4.68. The summed E-state index contributed by atoms with van der Waals surface area (Å²) < 4.78 is 23.0. The zero-order chi connectivity index (χ0) is 18.0. The summed E-state index contributed by atoms with van der Waals surface area (Å²) in [6.07, 6.45) is -4.63. The number of aliphatic hydroxyl groups excluding tert-OH is 2. The molecule has 6 nitrogen and oxygen atoms in total.